The Balaban J connectivity index is 1.87. The number of carbonyl (C=O) groups is 1. The van der Waals surface area contributed by atoms with Gasteiger partial charge in [-0.2, -0.15) is 0 Å². The highest BCUT2D eigenvalue weighted by molar-refractivity contribution is 5.92. The summed E-state index contributed by atoms with van der Waals surface area (Å²) in [6.07, 6.45) is 0.341. The van der Waals surface area contributed by atoms with Crippen LogP contribution in [-0.2, 0) is 9.53 Å². The van der Waals surface area contributed by atoms with Crippen LogP contribution in [0, 0.1) is 0 Å². The Kier molecular flexibility index (Phi) is 4.39. The molecule has 0 radical (unpaired) electrons. The Morgan fingerprint density at radius 1 is 1.42 bits per heavy atom. The fourth-order valence-electron chi connectivity index (χ4n) is 2.43. The maximum absolute atomic E-state index is 12.0. The average molecular weight is 263 g/mol. The van der Waals surface area contributed by atoms with Crippen molar-refractivity contribution >= 4 is 17.3 Å². The number of benzene rings is 1. The number of nitrogens with two attached hydrogens (primary N) is 1. The summed E-state index contributed by atoms with van der Waals surface area (Å²) in [6, 6.07) is 7.20. The molecule has 1 aliphatic rings. The standard InChI is InChI=1S/C14H21N3O2/c1-10-7-17(8-11(2)19-10)9-14(18)16-13-5-3-4-12(15)6-13/h3-6,10-11H,7-9,15H2,1-2H3,(H,16,18)/t10-,11+. The molecule has 0 unspecified atom stereocenters. The number of nitrogens with zero attached hydrogens (tertiary/aromatic N) is 1. The molecule has 1 fully saturated rings. The number of amides is 1. The lowest BCUT2D eigenvalue weighted by Gasteiger charge is -2.34. The van der Waals surface area contributed by atoms with Crippen LogP contribution in [0.25, 0.3) is 0 Å². The molecule has 0 bridgehead atoms. The van der Waals surface area contributed by atoms with Gasteiger partial charge in [0.15, 0.2) is 0 Å². The van der Waals surface area contributed by atoms with E-state index in [4.69, 9.17) is 10.5 Å². The van der Waals surface area contributed by atoms with E-state index in [2.05, 4.69) is 10.2 Å². The second-order valence-electron chi connectivity index (χ2n) is 5.13. The van der Waals surface area contributed by atoms with Crippen molar-refractivity contribution in [2.45, 2.75) is 26.1 Å². The molecule has 5 nitrogen and oxygen atoms in total. The first-order valence-electron chi connectivity index (χ1n) is 6.56. The molecular weight excluding hydrogens is 242 g/mol. The summed E-state index contributed by atoms with van der Waals surface area (Å²) in [5.41, 5.74) is 7.06. The second-order valence-corrected chi connectivity index (χ2v) is 5.13. The fraction of sp³-hybridized carbons (Fsp3) is 0.500. The topological polar surface area (TPSA) is 67.6 Å². The smallest absolute Gasteiger partial charge is 0.238 e. The average Bonchev–Trinajstić information content (AvgIpc) is 2.26. The van der Waals surface area contributed by atoms with Crippen molar-refractivity contribution in [3.8, 4) is 0 Å². The van der Waals surface area contributed by atoms with Gasteiger partial charge >= 0.3 is 0 Å². The van der Waals surface area contributed by atoms with E-state index in [0.717, 1.165) is 18.8 Å². The van der Waals surface area contributed by atoms with E-state index in [0.29, 0.717) is 12.2 Å². The third-order valence-electron chi connectivity index (χ3n) is 3.03. The van der Waals surface area contributed by atoms with Crippen molar-refractivity contribution in [3.05, 3.63) is 24.3 Å². The van der Waals surface area contributed by atoms with Crippen LogP contribution >= 0.6 is 0 Å². The highest BCUT2D eigenvalue weighted by Gasteiger charge is 2.23. The molecule has 1 heterocycles. The molecule has 104 valence electrons. The van der Waals surface area contributed by atoms with Gasteiger partial charge < -0.3 is 15.8 Å². The molecule has 1 amide bonds. The molecule has 5 heteroatoms. The number of carbonyl (C=O) groups excluding carboxylic acids is 1. The summed E-state index contributed by atoms with van der Waals surface area (Å²) >= 11 is 0. The van der Waals surface area contributed by atoms with Gasteiger partial charge in [-0.15, -0.1) is 0 Å². The van der Waals surface area contributed by atoms with Crippen LogP contribution in [0.1, 0.15) is 13.8 Å². The molecule has 0 aromatic heterocycles. The zero-order chi connectivity index (χ0) is 13.8. The third-order valence-corrected chi connectivity index (χ3v) is 3.03. The zero-order valence-corrected chi connectivity index (χ0v) is 11.4. The summed E-state index contributed by atoms with van der Waals surface area (Å²) in [7, 11) is 0. The highest BCUT2D eigenvalue weighted by Crippen LogP contribution is 2.13. The van der Waals surface area contributed by atoms with E-state index in [1.54, 1.807) is 12.1 Å². The number of morpholine rings is 1. The van der Waals surface area contributed by atoms with Crippen molar-refractivity contribution in [2.24, 2.45) is 0 Å². The molecule has 2 atom stereocenters. The van der Waals surface area contributed by atoms with Crippen LogP contribution in [0.15, 0.2) is 24.3 Å². The minimum absolute atomic E-state index is 0.0214. The molecule has 3 N–H and O–H groups in total. The van der Waals surface area contributed by atoms with E-state index < -0.39 is 0 Å². The largest absolute Gasteiger partial charge is 0.399 e. The fourth-order valence-corrected chi connectivity index (χ4v) is 2.43. The van der Waals surface area contributed by atoms with Crippen molar-refractivity contribution in [1.82, 2.24) is 4.90 Å². The van der Waals surface area contributed by atoms with E-state index in [1.807, 2.05) is 26.0 Å². The normalized spacial score (nSPS) is 24.1. The Morgan fingerprint density at radius 2 is 2.11 bits per heavy atom. The molecule has 2 rings (SSSR count). The van der Waals surface area contributed by atoms with Crippen LogP contribution < -0.4 is 11.1 Å². The number of nitrogens with one attached hydrogen (secondary N) is 1. The Bertz CT molecular complexity index is 440. The van der Waals surface area contributed by atoms with Gasteiger partial charge in [-0.05, 0) is 32.0 Å². The monoisotopic (exact) mass is 263 g/mol. The minimum Gasteiger partial charge on any atom is -0.399 e. The summed E-state index contributed by atoms with van der Waals surface area (Å²) < 4.78 is 5.64. The molecule has 0 saturated carbocycles. The van der Waals surface area contributed by atoms with Gasteiger partial charge in [-0.25, -0.2) is 0 Å². The van der Waals surface area contributed by atoms with Crippen LogP contribution in [-0.4, -0.2) is 42.6 Å². The molecular formula is C14H21N3O2. The first kappa shape index (κ1) is 13.8. The number of ether oxygens (including phenoxy) is 1. The summed E-state index contributed by atoms with van der Waals surface area (Å²) in [5.74, 6) is -0.0214. The van der Waals surface area contributed by atoms with Gasteiger partial charge in [0.05, 0.1) is 18.8 Å². The predicted molar refractivity (Wildman–Crippen MR) is 75.9 cm³/mol. The lowest BCUT2D eigenvalue weighted by molar-refractivity contribution is -0.121. The molecule has 1 aliphatic heterocycles. The van der Waals surface area contributed by atoms with E-state index in [-0.39, 0.29) is 18.1 Å². The summed E-state index contributed by atoms with van der Waals surface area (Å²) in [4.78, 5) is 14.1. The lowest BCUT2D eigenvalue weighted by Crippen LogP contribution is -2.48. The SMILES string of the molecule is C[C@@H]1CN(CC(=O)Nc2cccc(N)c2)C[C@H](C)O1. The van der Waals surface area contributed by atoms with Crippen molar-refractivity contribution in [3.63, 3.8) is 0 Å². The number of rotatable bonds is 3. The molecule has 1 saturated heterocycles. The highest BCUT2D eigenvalue weighted by atomic mass is 16.5. The van der Waals surface area contributed by atoms with Gasteiger partial charge in [0.25, 0.3) is 0 Å². The second kappa shape index (κ2) is 6.04. The van der Waals surface area contributed by atoms with Crippen molar-refractivity contribution < 1.29 is 9.53 Å². The minimum atomic E-state index is -0.0214. The Morgan fingerprint density at radius 3 is 2.74 bits per heavy atom. The Labute approximate surface area is 113 Å². The maximum Gasteiger partial charge on any atom is 0.238 e. The Hall–Kier alpha value is -1.59. The molecule has 1 aromatic rings. The molecule has 19 heavy (non-hydrogen) atoms. The third kappa shape index (κ3) is 4.22. The van der Waals surface area contributed by atoms with Crippen LogP contribution in [0.5, 0.6) is 0 Å². The van der Waals surface area contributed by atoms with Gasteiger partial charge in [-0.1, -0.05) is 6.07 Å². The summed E-state index contributed by atoms with van der Waals surface area (Å²) in [5, 5.41) is 2.86. The predicted octanol–water partition coefficient (Wildman–Crippen LogP) is 1.32. The van der Waals surface area contributed by atoms with E-state index >= 15 is 0 Å². The zero-order valence-electron chi connectivity index (χ0n) is 11.4. The lowest BCUT2D eigenvalue weighted by atomic mass is 10.2. The number of hydrogen-bond acceptors (Lipinski definition) is 4. The van der Waals surface area contributed by atoms with Crippen molar-refractivity contribution in [1.29, 1.82) is 0 Å². The number of nitrogen functional groups attached to an aromatic ring is 1. The van der Waals surface area contributed by atoms with Crippen molar-refractivity contribution in [2.75, 3.05) is 30.7 Å². The van der Waals surface area contributed by atoms with Gasteiger partial charge in [-0.3, -0.25) is 9.69 Å². The molecule has 0 aliphatic carbocycles. The first-order chi connectivity index (χ1) is 9.02. The van der Waals surface area contributed by atoms with Gasteiger partial charge in [0.2, 0.25) is 5.91 Å². The number of anilines is 2. The number of hydrogen-bond donors (Lipinski definition) is 2. The quantitative estimate of drug-likeness (QED) is 0.807. The van der Waals surface area contributed by atoms with Crippen LogP contribution in [0.3, 0.4) is 0 Å². The van der Waals surface area contributed by atoms with Crippen LogP contribution in [0.4, 0.5) is 11.4 Å². The van der Waals surface area contributed by atoms with Gasteiger partial charge in [0.1, 0.15) is 0 Å². The first-order valence-corrected chi connectivity index (χ1v) is 6.56. The molecule has 1 aromatic carbocycles. The van der Waals surface area contributed by atoms with Gasteiger partial charge in [0, 0.05) is 24.5 Å². The maximum atomic E-state index is 12.0. The van der Waals surface area contributed by atoms with E-state index in [1.165, 1.54) is 0 Å². The van der Waals surface area contributed by atoms with E-state index in [9.17, 15) is 4.79 Å². The van der Waals surface area contributed by atoms with Crippen LogP contribution in [0.2, 0.25) is 0 Å². The summed E-state index contributed by atoms with van der Waals surface area (Å²) in [6.45, 7) is 6.01. The molecule has 0 spiro atoms.